The Morgan fingerprint density at radius 2 is 0.852 bits per heavy atom. The van der Waals surface area contributed by atoms with Gasteiger partial charge in [-0.2, -0.15) is 0 Å². The van der Waals surface area contributed by atoms with E-state index in [2.05, 4.69) is 88.7 Å². The molecule has 0 aliphatic heterocycles. The van der Waals surface area contributed by atoms with Gasteiger partial charge in [-0.3, -0.25) is 0 Å². The van der Waals surface area contributed by atoms with Gasteiger partial charge in [0.2, 0.25) is 0 Å². The Labute approximate surface area is 169 Å². The molecule has 0 saturated heterocycles. The van der Waals surface area contributed by atoms with E-state index in [0.29, 0.717) is 0 Å². The summed E-state index contributed by atoms with van der Waals surface area (Å²) < 4.78 is 7.95. The Morgan fingerprint density at radius 3 is 1.22 bits per heavy atom. The fraction of sp³-hybridized carbons (Fsp3) is 0. The molecule has 0 radical (unpaired) electrons. The highest BCUT2D eigenvalue weighted by molar-refractivity contribution is 9.10. The molecule has 0 N–H and O–H groups in total. The van der Waals surface area contributed by atoms with Crippen LogP contribution in [0.4, 0.5) is 0 Å². The summed E-state index contributed by atoms with van der Waals surface area (Å²) in [5.74, 6) is 0.864. The monoisotopic (exact) mass is 433 g/mol. The van der Waals surface area contributed by atoms with Crippen LogP contribution in [0, 0.1) is 0 Å². The van der Waals surface area contributed by atoms with E-state index >= 15 is 0 Å². The third-order valence-corrected chi connectivity index (χ3v) is 8.50. The van der Waals surface area contributed by atoms with Crippen molar-refractivity contribution < 1.29 is 4.52 Å². The summed E-state index contributed by atoms with van der Waals surface area (Å²) in [6.07, 6.45) is 0. The summed E-state index contributed by atoms with van der Waals surface area (Å²) in [5.41, 5.74) is 0. The van der Waals surface area contributed by atoms with E-state index in [0.717, 1.165) is 10.2 Å². The summed E-state index contributed by atoms with van der Waals surface area (Å²) >= 11 is 3.51. The molecule has 3 heteroatoms. The maximum Gasteiger partial charge on any atom is 0.287 e. The van der Waals surface area contributed by atoms with Gasteiger partial charge in [-0.05, 0) is 60.7 Å². The molecule has 0 aliphatic carbocycles. The zero-order valence-corrected chi connectivity index (χ0v) is 17.2. The third-order valence-electron chi connectivity index (χ3n) is 4.42. The lowest BCUT2D eigenvalue weighted by Gasteiger charge is -2.26. The molecule has 0 atom stereocenters. The number of hydrogen-bond donors (Lipinski definition) is 0. The van der Waals surface area contributed by atoms with Gasteiger partial charge in [0.1, 0.15) is 15.9 Å². The van der Waals surface area contributed by atoms with Crippen LogP contribution in [0.2, 0.25) is 0 Å². The second-order valence-electron chi connectivity index (χ2n) is 6.16. The lowest BCUT2D eigenvalue weighted by atomic mass is 10.3. The highest BCUT2D eigenvalue weighted by Crippen LogP contribution is 2.56. The lowest BCUT2D eigenvalue weighted by molar-refractivity contribution is 0.620. The summed E-state index contributed by atoms with van der Waals surface area (Å²) in [6.45, 7) is 0. The van der Waals surface area contributed by atoms with Gasteiger partial charge in [-0.15, -0.1) is 0 Å². The van der Waals surface area contributed by atoms with Crippen molar-refractivity contribution in [2.24, 2.45) is 0 Å². The first kappa shape index (κ1) is 18.0. The van der Waals surface area contributed by atoms with E-state index in [1.165, 1.54) is 15.9 Å². The number of rotatable bonds is 5. The van der Waals surface area contributed by atoms with E-state index < -0.39 is 7.49 Å². The van der Waals surface area contributed by atoms with Crippen molar-refractivity contribution in [3.8, 4) is 5.75 Å². The molecule has 0 heterocycles. The smallest absolute Gasteiger partial charge is 0.287 e. The zero-order valence-electron chi connectivity index (χ0n) is 14.7. The van der Waals surface area contributed by atoms with Crippen LogP contribution in [-0.4, -0.2) is 0 Å². The van der Waals surface area contributed by atoms with Crippen LogP contribution in [0.1, 0.15) is 0 Å². The summed E-state index contributed by atoms with van der Waals surface area (Å²) in [5, 5.41) is 3.60. The predicted molar refractivity (Wildman–Crippen MR) is 120 cm³/mol. The van der Waals surface area contributed by atoms with E-state index in [9.17, 15) is 0 Å². The van der Waals surface area contributed by atoms with Crippen molar-refractivity contribution in [2.45, 2.75) is 0 Å². The molecule has 132 valence electrons. The zero-order chi connectivity index (χ0) is 18.5. The van der Waals surface area contributed by atoms with E-state index in [-0.39, 0.29) is 0 Å². The van der Waals surface area contributed by atoms with Gasteiger partial charge in [-0.1, -0.05) is 70.5 Å². The molecule has 0 bridgehead atoms. The first-order valence-electron chi connectivity index (χ1n) is 8.80. The standard InChI is InChI=1S/C24H19BrOP/c25-20-16-18-21(19-17-20)26-27(22-10-4-1-5-11-22,23-12-6-2-7-13-23)24-14-8-3-9-15-24/h1-19H/q+1. The van der Waals surface area contributed by atoms with Crippen molar-refractivity contribution in [3.63, 3.8) is 0 Å². The molecule has 0 spiro atoms. The van der Waals surface area contributed by atoms with Crippen LogP contribution in [0.3, 0.4) is 0 Å². The van der Waals surface area contributed by atoms with Gasteiger partial charge in [0.05, 0.1) is 0 Å². The third kappa shape index (κ3) is 3.69. The molecule has 4 aromatic rings. The largest absolute Gasteiger partial charge is 0.334 e. The first-order valence-corrected chi connectivity index (χ1v) is 11.3. The minimum atomic E-state index is -2.31. The van der Waals surface area contributed by atoms with E-state index in [4.69, 9.17) is 4.52 Å². The Balaban J connectivity index is 1.98. The van der Waals surface area contributed by atoms with Gasteiger partial charge in [0, 0.05) is 4.47 Å². The SMILES string of the molecule is Brc1ccc(O[P+](c2ccccc2)(c2ccccc2)c2ccccc2)cc1. The van der Waals surface area contributed by atoms with Gasteiger partial charge < -0.3 is 4.52 Å². The molecule has 0 amide bonds. The molecule has 4 aromatic carbocycles. The Kier molecular flexibility index (Phi) is 5.38. The molecule has 0 unspecified atom stereocenters. The topological polar surface area (TPSA) is 9.23 Å². The fourth-order valence-corrected chi connectivity index (χ4v) is 6.86. The Morgan fingerprint density at radius 1 is 0.481 bits per heavy atom. The average Bonchev–Trinajstić information content (AvgIpc) is 2.75. The molecule has 1 nitrogen and oxygen atoms in total. The molecule has 0 fully saturated rings. The van der Waals surface area contributed by atoms with E-state index in [1.807, 2.05) is 42.5 Å². The summed E-state index contributed by atoms with van der Waals surface area (Å²) in [7, 11) is -2.31. The molecule has 0 aromatic heterocycles. The summed E-state index contributed by atoms with van der Waals surface area (Å²) in [4.78, 5) is 0. The van der Waals surface area contributed by atoms with Gasteiger partial charge in [-0.25, -0.2) is 0 Å². The van der Waals surface area contributed by atoms with Crippen LogP contribution >= 0.6 is 23.4 Å². The number of hydrogen-bond acceptors (Lipinski definition) is 1. The minimum absolute atomic E-state index is 0.864. The Bertz CT molecular complexity index is 890. The van der Waals surface area contributed by atoms with Crippen molar-refractivity contribution in [2.75, 3.05) is 0 Å². The van der Waals surface area contributed by atoms with Gasteiger partial charge in [0.15, 0.2) is 5.75 Å². The van der Waals surface area contributed by atoms with Gasteiger partial charge in [0.25, 0.3) is 7.49 Å². The van der Waals surface area contributed by atoms with E-state index in [1.54, 1.807) is 0 Å². The first-order chi connectivity index (χ1) is 13.3. The van der Waals surface area contributed by atoms with Crippen LogP contribution in [-0.2, 0) is 0 Å². The Hall–Kier alpha value is -2.41. The average molecular weight is 434 g/mol. The molecule has 4 rings (SSSR count). The molecular formula is C24H19BrOP+. The predicted octanol–water partition coefficient (Wildman–Crippen LogP) is 5.74. The van der Waals surface area contributed by atoms with Crippen LogP contribution in [0.5, 0.6) is 5.75 Å². The fourth-order valence-electron chi connectivity index (χ4n) is 3.17. The number of benzene rings is 4. The second kappa shape index (κ2) is 8.08. The summed E-state index contributed by atoms with van der Waals surface area (Å²) in [6, 6.07) is 39.8. The van der Waals surface area contributed by atoms with Crippen LogP contribution < -0.4 is 20.4 Å². The van der Waals surface area contributed by atoms with Crippen LogP contribution in [0.25, 0.3) is 0 Å². The molecule has 0 aliphatic rings. The van der Waals surface area contributed by atoms with Crippen LogP contribution in [0.15, 0.2) is 120 Å². The lowest BCUT2D eigenvalue weighted by Crippen LogP contribution is -2.34. The van der Waals surface area contributed by atoms with Crippen molar-refractivity contribution in [3.05, 3.63) is 120 Å². The highest BCUT2D eigenvalue weighted by atomic mass is 79.9. The van der Waals surface area contributed by atoms with Crippen molar-refractivity contribution in [1.82, 2.24) is 0 Å². The second-order valence-corrected chi connectivity index (χ2v) is 10.0. The number of halogens is 1. The minimum Gasteiger partial charge on any atom is -0.334 e. The molecular weight excluding hydrogens is 415 g/mol. The van der Waals surface area contributed by atoms with Crippen molar-refractivity contribution in [1.29, 1.82) is 0 Å². The quantitative estimate of drug-likeness (QED) is 0.364. The van der Waals surface area contributed by atoms with Crippen molar-refractivity contribution >= 4 is 39.3 Å². The molecule has 0 saturated carbocycles. The normalized spacial score (nSPS) is 11.1. The maximum atomic E-state index is 6.91. The maximum absolute atomic E-state index is 6.91. The van der Waals surface area contributed by atoms with Gasteiger partial charge >= 0.3 is 0 Å². The molecule has 27 heavy (non-hydrogen) atoms. The highest BCUT2D eigenvalue weighted by Gasteiger charge is 2.49.